The summed E-state index contributed by atoms with van der Waals surface area (Å²) < 4.78 is 10.8. The van der Waals surface area contributed by atoms with E-state index >= 15 is 0 Å². The van der Waals surface area contributed by atoms with E-state index in [9.17, 15) is 9.59 Å². The first-order valence-corrected chi connectivity index (χ1v) is 10.3. The molecule has 0 radical (unpaired) electrons. The molecule has 1 aromatic heterocycles. The number of quaternary nitrogens is 1. The number of carbonyl (C=O) groups excluding carboxylic acids is 2. The molecule has 1 aromatic carbocycles. The maximum Gasteiger partial charge on any atom is 0.298 e. The quantitative estimate of drug-likeness (QED) is 0.732. The van der Waals surface area contributed by atoms with Gasteiger partial charge in [-0.05, 0) is 42.0 Å². The number of ether oxygens (including phenoxy) is 1. The predicted octanol–water partition coefficient (Wildman–Crippen LogP) is 0.746. The Hall–Kier alpha value is -3.13. The van der Waals surface area contributed by atoms with Crippen molar-refractivity contribution in [3.8, 4) is 5.75 Å². The van der Waals surface area contributed by atoms with Gasteiger partial charge in [-0.2, -0.15) is 5.10 Å². The summed E-state index contributed by atoms with van der Waals surface area (Å²) in [6.45, 7) is 1.85. The fraction of sp³-hybridized carbons (Fsp3) is 0.409. The number of furan rings is 1. The van der Waals surface area contributed by atoms with E-state index in [1.165, 1.54) is 0 Å². The average Bonchev–Trinajstić information content (AvgIpc) is 3.44. The summed E-state index contributed by atoms with van der Waals surface area (Å²) >= 11 is 0. The summed E-state index contributed by atoms with van der Waals surface area (Å²) in [5.41, 5.74) is 7.21. The smallest absolute Gasteiger partial charge is 0.298 e. The molecule has 158 valence electrons. The molecule has 8 heteroatoms. The molecule has 0 spiro atoms. The van der Waals surface area contributed by atoms with Gasteiger partial charge < -0.3 is 19.8 Å². The first-order valence-electron chi connectivity index (χ1n) is 10.3. The van der Waals surface area contributed by atoms with Gasteiger partial charge in [-0.1, -0.05) is 0 Å². The number of methoxy groups -OCH3 is 1. The number of amides is 2. The Morgan fingerprint density at radius 2 is 1.97 bits per heavy atom. The molecular formula is C22H27N4O4+. The van der Waals surface area contributed by atoms with Gasteiger partial charge in [0.15, 0.2) is 6.54 Å². The van der Waals surface area contributed by atoms with E-state index < -0.39 is 0 Å². The lowest BCUT2D eigenvalue weighted by atomic mass is 9.96. The third kappa shape index (κ3) is 4.23. The second-order valence-electron chi connectivity index (χ2n) is 7.85. The molecule has 0 aliphatic carbocycles. The number of nitrogens with zero attached hydrogens (tertiary/aromatic N) is 2. The van der Waals surface area contributed by atoms with Gasteiger partial charge in [-0.25, -0.2) is 5.01 Å². The molecule has 0 saturated carbocycles. The van der Waals surface area contributed by atoms with Gasteiger partial charge in [0.2, 0.25) is 5.91 Å². The van der Waals surface area contributed by atoms with Crippen LogP contribution in [-0.4, -0.2) is 49.3 Å². The van der Waals surface area contributed by atoms with E-state index in [0.717, 1.165) is 53.6 Å². The Bertz CT molecular complexity index is 915. The fourth-order valence-corrected chi connectivity index (χ4v) is 4.18. The molecule has 0 unspecified atom stereocenters. The minimum atomic E-state index is -0.257. The minimum Gasteiger partial charge on any atom is -0.497 e. The standard InChI is InChI=1S/C22H26N4O4/c1-29-17-6-4-15(5-7-17)18-13-19(20-3-2-12-30-20)26(24-18)21(27)14-25-10-8-16(9-11-25)22(23)28/h2-7,12,16,19H,8-11,13-14H2,1H3,(H2,23,28)/p+1/t19-/m0/s1. The maximum atomic E-state index is 13.2. The van der Waals surface area contributed by atoms with Crippen LogP contribution in [0, 0.1) is 5.92 Å². The van der Waals surface area contributed by atoms with E-state index in [1.54, 1.807) is 18.4 Å². The van der Waals surface area contributed by atoms with Gasteiger partial charge in [0.1, 0.15) is 17.6 Å². The van der Waals surface area contributed by atoms with Crippen LogP contribution >= 0.6 is 0 Å². The number of hydrazone groups is 1. The van der Waals surface area contributed by atoms with Crippen LogP contribution in [0.2, 0.25) is 0 Å². The topological polar surface area (TPSA) is 103 Å². The largest absolute Gasteiger partial charge is 0.497 e. The van der Waals surface area contributed by atoms with Crippen molar-refractivity contribution in [2.24, 2.45) is 16.8 Å². The number of hydrogen-bond donors (Lipinski definition) is 2. The zero-order valence-corrected chi connectivity index (χ0v) is 17.0. The zero-order chi connectivity index (χ0) is 21.1. The van der Waals surface area contributed by atoms with Crippen LogP contribution in [0.1, 0.15) is 36.6 Å². The van der Waals surface area contributed by atoms with Crippen molar-refractivity contribution in [3.63, 3.8) is 0 Å². The highest BCUT2D eigenvalue weighted by atomic mass is 16.5. The number of carbonyl (C=O) groups is 2. The van der Waals surface area contributed by atoms with Crippen molar-refractivity contribution < 1.29 is 23.6 Å². The molecule has 3 heterocycles. The van der Waals surface area contributed by atoms with E-state index in [-0.39, 0.29) is 23.8 Å². The van der Waals surface area contributed by atoms with Crippen LogP contribution in [0.5, 0.6) is 5.75 Å². The van der Waals surface area contributed by atoms with Crippen LogP contribution in [0.3, 0.4) is 0 Å². The van der Waals surface area contributed by atoms with Crippen molar-refractivity contribution in [2.45, 2.75) is 25.3 Å². The molecule has 1 atom stereocenters. The highest BCUT2D eigenvalue weighted by Gasteiger charge is 2.37. The molecule has 3 N–H and O–H groups in total. The second kappa shape index (κ2) is 8.71. The Labute approximate surface area is 175 Å². The van der Waals surface area contributed by atoms with Crippen molar-refractivity contribution in [3.05, 3.63) is 54.0 Å². The van der Waals surface area contributed by atoms with Crippen molar-refractivity contribution in [1.82, 2.24) is 5.01 Å². The number of hydrogen-bond acceptors (Lipinski definition) is 5. The Kier molecular flexibility index (Phi) is 5.85. The summed E-state index contributed by atoms with van der Waals surface area (Å²) in [7, 11) is 1.63. The van der Waals surface area contributed by atoms with E-state index in [0.29, 0.717) is 13.0 Å². The van der Waals surface area contributed by atoms with Crippen LogP contribution < -0.4 is 15.4 Å². The van der Waals surface area contributed by atoms with Gasteiger partial charge >= 0.3 is 0 Å². The summed E-state index contributed by atoms with van der Waals surface area (Å²) in [4.78, 5) is 25.7. The number of nitrogens with two attached hydrogens (primary N) is 1. The highest BCUT2D eigenvalue weighted by Crippen LogP contribution is 2.33. The monoisotopic (exact) mass is 411 g/mol. The number of primary amides is 1. The molecule has 4 rings (SSSR count). The van der Waals surface area contributed by atoms with Crippen molar-refractivity contribution >= 4 is 17.5 Å². The van der Waals surface area contributed by atoms with Crippen LogP contribution in [0.15, 0.2) is 52.2 Å². The molecule has 1 fully saturated rings. The molecule has 8 nitrogen and oxygen atoms in total. The Morgan fingerprint density at radius 3 is 2.57 bits per heavy atom. The minimum absolute atomic E-state index is 0.0487. The molecule has 2 amide bonds. The lowest BCUT2D eigenvalue weighted by molar-refractivity contribution is -0.898. The summed E-state index contributed by atoms with van der Waals surface area (Å²) in [5.74, 6) is 1.12. The second-order valence-corrected chi connectivity index (χ2v) is 7.85. The third-order valence-corrected chi connectivity index (χ3v) is 5.96. The first kappa shape index (κ1) is 20.2. The lowest BCUT2D eigenvalue weighted by Gasteiger charge is -2.28. The number of piperidine rings is 1. The normalized spacial score (nSPS) is 23.8. The Morgan fingerprint density at radius 1 is 1.23 bits per heavy atom. The molecule has 30 heavy (non-hydrogen) atoms. The van der Waals surface area contributed by atoms with Gasteiger partial charge in [0, 0.05) is 25.2 Å². The molecule has 2 aromatic rings. The van der Waals surface area contributed by atoms with E-state index in [2.05, 4.69) is 5.10 Å². The van der Waals surface area contributed by atoms with Crippen molar-refractivity contribution in [2.75, 3.05) is 26.7 Å². The molecule has 2 aliphatic rings. The number of likely N-dealkylation sites (tertiary alicyclic amines) is 1. The maximum absolute atomic E-state index is 13.2. The molecular weight excluding hydrogens is 384 g/mol. The van der Waals surface area contributed by atoms with Crippen LogP contribution in [0.25, 0.3) is 0 Å². The fourth-order valence-electron chi connectivity index (χ4n) is 4.18. The summed E-state index contributed by atoms with van der Waals surface area (Å²) in [5, 5.41) is 6.23. The zero-order valence-electron chi connectivity index (χ0n) is 17.0. The average molecular weight is 411 g/mol. The van der Waals surface area contributed by atoms with Crippen LogP contribution in [0.4, 0.5) is 0 Å². The molecule has 2 aliphatic heterocycles. The van der Waals surface area contributed by atoms with E-state index in [4.69, 9.17) is 14.9 Å². The molecule has 0 bridgehead atoms. The number of benzene rings is 1. The third-order valence-electron chi connectivity index (χ3n) is 5.96. The van der Waals surface area contributed by atoms with Gasteiger partial charge in [0.25, 0.3) is 5.91 Å². The summed E-state index contributed by atoms with van der Waals surface area (Å²) in [6.07, 6.45) is 3.65. The number of nitrogens with one attached hydrogen (secondary N) is 1. The number of rotatable bonds is 6. The molecule has 1 saturated heterocycles. The van der Waals surface area contributed by atoms with Gasteiger partial charge in [-0.3, -0.25) is 9.59 Å². The highest BCUT2D eigenvalue weighted by molar-refractivity contribution is 6.03. The predicted molar refractivity (Wildman–Crippen MR) is 110 cm³/mol. The van der Waals surface area contributed by atoms with Gasteiger partial charge in [0.05, 0.1) is 32.2 Å². The van der Waals surface area contributed by atoms with Crippen LogP contribution in [-0.2, 0) is 9.59 Å². The van der Waals surface area contributed by atoms with Crippen molar-refractivity contribution in [1.29, 1.82) is 0 Å². The summed E-state index contributed by atoms with van der Waals surface area (Å²) in [6, 6.07) is 11.1. The Balaban J connectivity index is 1.49. The van der Waals surface area contributed by atoms with Gasteiger partial charge in [-0.15, -0.1) is 0 Å². The lowest BCUT2D eigenvalue weighted by Crippen LogP contribution is -3.14. The SMILES string of the molecule is COc1ccc(C2=NN(C(=O)C[NH+]3CCC(C(N)=O)CC3)[C@H](c3ccco3)C2)cc1. The van der Waals surface area contributed by atoms with E-state index in [1.807, 2.05) is 36.4 Å². The first-order chi connectivity index (χ1) is 14.5.